The number of nitrogens with one attached hydrogen (secondary N) is 1. The molecule has 0 bridgehead atoms. The fraction of sp³-hybridized carbons (Fsp3) is 0.200. The van der Waals surface area contributed by atoms with E-state index >= 15 is 0 Å². The van der Waals surface area contributed by atoms with E-state index < -0.39 is 0 Å². The van der Waals surface area contributed by atoms with Gasteiger partial charge in [-0.1, -0.05) is 18.2 Å². The molecular weight excluding hydrogens is 242 g/mol. The van der Waals surface area contributed by atoms with E-state index in [1.165, 1.54) is 0 Å². The smallest absolute Gasteiger partial charge is 0.231 e. The third-order valence-electron chi connectivity index (χ3n) is 3.40. The normalized spacial score (nSPS) is 19.3. The highest BCUT2D eigenvalue weighted by atomic mass is 16.7. The summed E-state index contributed by atoms with van der Waals surface area (Å²) in [5, 5.41) is 3.38. The second-order valence-corrected chi connectivity index (χ2v) is 4.60. The highest BCUT2D eigenvalue weighted by Gasteiger charge is 2.23. The molecule has 0 fully saturated rings. The standard InChI is InChI=1S/C15H13NO3/c1-2-4-12-11(3-1)16-8-15(19-12)10-5-6-13-14(7-10)18-9-17-13/h1-7,15-16H,8-9H2. The molecule has 96 valence electrons. The van der Waals surface area contributed by atoms with Crippen LogP contribution in [-0.4, -0.2) is 13.3 Å². The van der Waals surface area contributed by atoms with Crippen LogP contribution in [-0.2, 0) is 0 Å². The minimum absolute atomic E-state index is 0.00981. The Kier molecular flexibility index (Phi) is 2.27. The maximum absolute atomic E-state index is 6.02. The zero-order chi connectivity index (χ0) is 12.7. The quantitative estimate of drug-likeness (QED) is 0.850. The Balaban J connectivity index is 1.64. The van der Waals surface area contributed by atoms with Crippen LogP contribution in [0.4, 0.5) is 5.69 Å². The van der Waals surface area contributed by atoms with Crippen LogP contribution in [0.3, 0.4) is 0 Å². The minimum atomic E-state index is -0.00981. The van der Waals surface area contributed by atoms with E-state index in [1.807, 2.05) is 42.5 Å². The zero-order valence-corrected chi connectivity index (χ0v) is 10.3. The lowest BCUT2D eigenvalue weighted by molar-refractivity contribution is 0.173. The molecule has 0 amide bonds. The van der Waals surface area contributed by atoms with Crippen molar-refractivity contribution in [3.63, 3.8) is 0 Å². The summed E-state index contributed by atoms with van der Waals surface area (Å²) >= 11 is 0. The molecule has 4 nitrogen and oxygen atoms in total. The SMILES string of the molecule is c1ccc2c(c1)NCC(c1ccc3c(c1)OCO3)O2. The van der Waals surface area contributed by atoms with Crippen molar-refractivity contribution in [3.8, 4) is 17.2 Å². The summed E-state index contributed by atoms with van der Waals surface area (Å²) in [7, 11) is 0. The number of anilines is 1. The highest BCUT2D eigenvalue weighted by molar-refractivity contribution is 5.58. The first kappa shape index (κ1) is 10.6. The van der Waals surface area contributed by atoms with Crippen molar-refractivity contribution >= 4 is 5.69 Å². The Hall–Kier alpha value is -2.36. The summed E-state index contributed by atoms with van der Waals surface area (Å²) < 4.78 is 16.7. The maximum Gasteiger partial charge on any atom is 0.231 e. The van der Waals surface area contributed by atoms with Crippen LogP contribution in [0.1, 0.15) is 11.7 Å². The molecule has 4 rings (SSSR count). The van der Waals surface area contributed by atoms with E-state index in [2.05, 4.69) is 5.32 Å². The van der Waals surface area contributed by atoms with Gasteiger partial charge >= 0.3 is 0 Å². The molecule has 0 aliphatic carbocycles. The minimum Gasteiger partial charge on any atom is -0.482 e. The molecule has 1 unspecified atom stereocenters. The first-order valence-electron chi connectivity index (χ1n) is 6.29. The molecule has 0 saturated heterocycles. The molecule has 2 heterocycles. The first-order chi connectivity index (χ1) is 9.40. The number of rotatable bonds is 1. The molecule has 1 N–H and O–H groups in total. The van der Waals surface area contributed by atoms with Crippen molar-refractivity contribution in [2.24, 2.45) is 0 Å². The molecule has 2 aromatic rings. The Morgan fingerprint density at radius 3 is 2.84 bits per heavy atom. The first-order valence-corrected chi connectivity index (χ1v) is 6.29. The molecule has 0 saturated carbocycles. The van der Waals surface area contributed by atoms with Gasteiger partial charge in [-0.15, -0.1) is 0 Å². The number of hydrogen-bond acceptors (Lipinski definition) is 4. The molecule has 1 atom stereocenters. The van der Waals surface area contributed by atoms with E-state index in [0.29, 0.717) is 6.79 Å². The molecule has 4 heteroatoms. The van der Waals surface area contributed by atoms with Crippen molar-refractivity contribution < 1.29 is 14.2 Å². The van der Waals surface area contributed by atoms with Gasteiger partial charge in [-0.05, 0) is 29.8 Å². The topological polar surface area (TPSA) is 39.7 Å². The van der Waals surface area contributed by atoms with Gasteiger partial charge in [0.15, 0.2) is 11.5 Å². The molecule has 0 aromatic heterocycles. The highest BCUT2D eigenvalue weighted by Crippen LogP contribution is 2.38. The molecule has 19 heavy (non-hydrogen) atoms. The van der Waals surface area contributed by atoms with Crippen LogP contribution in [0.15, 0.2) is 42.5 Å². The summed E-state index contributed by atoms with van der Waals surface area (Å²) in [5.41, 5.74) is 2.13. The Morgan fingerprint density at radius 2 is 1.84 bits per heavy atom. The molecular formula is C15H13NO3. The summed E-state index contributed by atoms with van der Waals surface area (Å²) in [6.45, 7) is 1.04. The van der Waals surface area contributed by atoms with E-state index in [0.717, 1.165) is 35.0 Å². The number of benzene rings is 2. The van der Waals surface area contributed by atoms with E-state index in [9.17, 15) is 0 Å². The van der Waals surface area contributed by atoms with Gasteiger partial charge in [-0.2, -0.15) is 0 Å². The van der Waals surface area contributed by atoms with Crippen molar-refractivity contribution in [1.82, 2.24) is 0 Å². The van der Waals surface area contributed by atoms with Gasteiger partial charge in [0.05, 0.1) is 12.2 Å². The monoisotopic (exact) mass is 255 g/mol. The predicted molar refractivity (Wildman–Crippen MR) is 70.9 cm³/mol. The second-order valence-electron chi connectivity index (χ2n) is 4.60. The average molecular weight is 255 g/mol. The van der Waals surface area contributed by atoms with Crippen LogP contribution in [0, 0.1) is 0 Å². The number of ether oxygens (including phenoxy) is 3. The van der Waals surface area contributed by atoms with Crippen molar-refractivity contribution in [2.45, 2.75) is 6.10 Å². The van der Waals surface area contributed by atoms with Gasteiger partial charge in [-0.3, -0.25) is 0 Å². The maximum atomic E-state index is 6.02. The summed E-state index contributed by atoms with van der Waals surface area (Å²) in [6.07, 6.45) is -0.00981. The predicted octanol–water partition coefficient (Wildman–Crippen LogP) is 2.96. The Labute approximate surface area is 110 Å². The molecule has 2 aliphatic rings. The lowest BCUT2D eigenvalue weighted by Gasteiger charge is -2.27. The third kappa shape index (κ3) is 1.76. The Morgan fingerprint density at radius 1 is 0.947 bits per heavy atom. The van der Waals surface area contributed by atoms with Crippen LogP contribution in [0.5, 0.6) is 17.2 Å². The van der Waals surface area contributed by atoms with Crippen molar-refractivity contribution in [3.05, 3.63) is 48.0 Å². The summed E-state index contributed by atoms with van der Waals surface area (Å²) in [5.74, 6) is 2.48. The van der Waals surface area contributed by atoms with Gasteiger partial charge in [-0.25, -0.2) is 0 Å². The average Bonchev–Trinajstić information content (AvgIpc) is 2.94. The molecule has 0 radical (unpaired) electrons. The van der Waals surface area contributed by atoms with E-state index in [1.54, 1.807) is 0 Å². The van der Waals surface area contributed by atoms with Gasteiger partial charge in [0, 0.05) is 0 Å². The van der Waals surface area contributed by atoms with Crippen LogP contribution >= 0.6 is 0 Å². The van der Waals surface area contributed by atoms with Crippen LogP contribution < -0.4 is 19.5 Å². The fourth-order valence-corrected chi connectivity index (χ4v) is 2.41. The number of hydrogen-bond donors (Lipinski definition) is 1. The largest absolute Gasteiger partial charge is 0.482 e. The van der Waals surface area contributed by atoms with Gasteiger partial charge in [0.25, 0.3) is 0 Å². The third-order valence-corrected chi connectivity index (χ3v) is 3.40. The van der Waals surface area contributed by atoms with Crippen molar-refractivity contribution in [1.29, 1.82) is 0 Å². The van der Waals surface area contributed by atoms with Gasteiger partial charge in [0.2, 0.25) is 6.79 Å². The zero-order valence-electron chi connectivity index (χ0n) is 10.3. The Bertz CT molecular complexity index is 627. The number of fused-ring (bicyclic) bond motifs is 2. The van der Waals surface area contributed by atoms with Crippen LogP contribution in [0.25, 0.3) is 0 Å². The van der Waals surface area contributed by atoms with E-state index in [-0.39, 0.29) is 6.10 Å². The fourth-order valence-electron chi connectivity index (χ4n) is 2.41. The molecule has 2 aromatic carbocycles. The van der Waals surface area contributed by atoms with E-state index in [4.69, 9.17) is 14.2 Å². The van der Waals surface area contributed by atoms with Gasteiger partial charge in [0.1, 0.15) is 11.9 Å². The van der Waals surface area contributed by atoms with Crippen molar-refractivity contribution in [2.75, 3.05) is 18.7 Å². The molecule has 0 spiro atoms. The number of para-hydroxylation sites is 2. The summed E-state index contributed by atoms with van der Waals surface area (Å²) in [4.78, 5) is 0. The van der Waals surface area contributed by atoms with Crippen LogP contribution in [0.2, 0.25) is 0 Å². The van der Waals surface area contributed by atoms with Gasteiger partial charge < -0.3 is 19.5 Å². The lowest BCUT2D eigenvalue weighted by Crippen LogP contribution is -2.23. The lowest BCUT2D eigenvalue weighted by atomic mass is 10.1. The summed E-state index contributed by atoms with van der Waals surface area (Å²) in [6, 6.07) is 13.9. The second kappa shape index (κ2) is 4.09. The molecule has 2 aliphatic heterocycles.